The van der Waals surface area contributed by atoms with Gasteiger partial charge in [0.05, 0.1) is 12.9 Å². The lowest BCUT2D eigenvalue weighted by atomic mass is 10.0. The van der Waals surface area contributed by atoms with E-state index in [-0.39, 0.29) is 31.6 Å². The second-order valence-electron chi connectivity index (χ2n) is 8.22. The molecule has 13 nitrogen and oxygen atoms in total. The van der Waals surface area contributed by atoms with E-state index in [1.165, 1.54) is 24.7 Å². The number of aromatic amines is 1. The van der Waals surface area contributed by atoms with Crippen LogP contribution in [0.3, 0.4) is 0 Å². The predicted molar refractivity (Wildman–Crippen MR) is 129 cm³/mol. The first-order valence-electron chi connectivity index (χ1n) is 11.5. The fraction of sp³-hybridized carbons (Fsp3) is 0.435. The van der Waals surface area contributed by atoms with Crippen molar-refractivity contribution < 1.29 is 29.4 Å². The largest absolute Gasteiger partial charge is 0.508 e. The molecule has 0 spiro atoms. The molecule has 1 aromatic carbocycles. The monoisotopic (exact) mass is 503 g/mol. The van der Waals surface area contributed by atoms with Gasteiger partial charge in [-0.15, -0.1) is 0 Å². The number of hydrogen-bond acceptors (Lipinski definition) is 8. The number of rotatable bonds is 15. The second-order valence-corrected chi connectivity index (χ2v) is 8.22. The Morgan fingerprint density at radius 1 is 0.917 bits per heavy atom. The van der Waals surface area contributed by atoms with Crippen LogP contribution in [0.1, 0.15) is 30.5 Å². The molecular formula is C23H33N7O6. The number of amides is 3. The molecule has 3 unspecified atom stereocenters. The van der Waals surface area contributed by atoms with E-state index < -0.39 is 41.8 Å². The van der Waals surface area contributed by atoms with Crippen molar-refractivity contribution in [3.8, 4) is 5.75 Å². The third-order valence-corrected chi connectivity index (χ3v) is 5.39. The summed E-state index contributed by atoms with van der Waals surface area (Å²) in [6.45, 7) is 0.109. The van der Waals surface area contributed by atoms with Crippen LogP contribution < -0.4 is 27.4 Å². The van der Waals surface area contributed by atoms with Gasteiger partial charge in [-0.2, -0.15) is 0 Å². The first-order valence-corrected chi connectivity index (χ1v) is 11.5. The van der Waals surface area contributed by atoms with Crippen LogP contribution in [0.2, 0.25) is 0 Å². The van der Waals surface area contributed by atoms with Gasteiger partial charge in [0, 0.05) is 24.7 Å². The van der Waals surface area contributed by atoms with Gasteiger partial charge in [-0.05, 0) is 43.5 Å². The zero-order chi connectivity index (χ0) is 26.5. The van der Waals surface area contributed by atoms with Crippen LogP contribution in [0, 0.1) is 0 Å². The summed E-state index contributed by atoms with van der Waals surface area (Å²) in [7, 11) is 0. The Balaban J connectivity index is 2.17. The number of nitrogens with zero attached hydrogens (tertiary/aromatic N) is 1. The number of nitrogens with one attached hydrogen (secondary N) is 4. The Hall–Kier alpha value is -3.97. The summed E-state index contributed by atoms with van der Waals surface area (Å²) < 4.78 is 0. The van der Waals surface area contributed by atoms with Crippen molar-refractivity contribution in [3.05, 3.63) is 48.0 Å². The second kappa shape index (κ2) is 14.4. The molecule has 0 radical (unpaired) electrons. The number of H-pyrrole nitrogens is 1. The third kappa shape index (κ3) is 9.35. The molecule has 0 saturated carbocycles. The van der Waals surface area contributed by atoms with E-state index in [0.29, 0.717) is 30.6 Å². The van der Waals surface area contributed by atoms with Crippen molar-refractivity contribution in [2.45, 2.75) is 50.2 Å². The van der Waals surface area contributed by atoms with Gasteiger partial charge in [0.25, 0.3) is 0 Å². The highest BCUT2D eigenvalue weighted by Gasteiger charge is 2.30. The van der Waals surface area contributed by atoms with Crippen molar-refractivity contribution in [2.24, 2.45) is 11.5 Å². The summed E-state index contributed by atoms with van der Waals surface area (Å²) in [6.07, 6.45) is 4.33. The van der Waals surface area contributed by atoms with E-state index in [1.54, 1.807) is 12.1 Å². The Morgan fingerprint density at radius 3 is 2.17 bits per heavy atom. The lowest BCUT2D eigenvalue weighted by Gasteiger charge is -2.24. The van der Waals surface area contributed by atoms with Gasteiger partial charge in [0.15, 0.2) is 0 Å². The summed E-state index contributed by atoms with van der Waals surface area (Å²) in [4.78, 5) is 56.6. The number of aromatic hydroxyl groups is 1. The summed E-state index contributed by atoms with van der Waals surface area (Å²) >= 11 is 0. The van der Waals surface area contributed by atoms with Crippen LogP contribution in [0.25, 0.3) is 0 Å². The molecule has 0 aliphatic heterocycles. The molecule has 3 amide bonds. The summed E-state index contributed by atoms with van der Waals surface area (Å²) in [5.41, 5.74) is 12.0. The Bertz CT molecular complexity index is 997. The minimum atomic E-state index is -1.29. The number of carbonyl (C=O) groups excluding carboxylic acids is 3. The van der Waals surface area contributed by atoms with Crippen LogP contribution in [0.4, 0.5) is 0 Å². The maximum Gasteiger partial charge on any atom is 0.326 e. The quantitative estimate of drug-likeness (QED) is 0.132. The van der Waals surface area contributed by atoms with E-state index in [2.05, 4.69) is 25.9 Å². The number of carboxylic acid groups (broad SMARTS) is 1. The van der Waals surface area contributed by atoms with Crippen LogP contribution in [0.5, 0.6) is 5.75 Å². The molecule has 1 aromatic heterocycles. The standard InChI is InChI=1S/C23H33N7O6/c24-8-2-1-3-17(28-20(32)11-25)21(33)29-18(10-15-12-26-13-27-15)22(34)30-19(23(35)36)9-14-4-6-16(31)7-5-14/h4-7,12-13,17-19,31H,1-3,8-11,24-25H2,(H,26,27)(H,28,32)(H,29,33)(H,30,34)(H,35,36). The number of aromatic nitrogens is 2. The normalized spacial score (nSPS) is 13.3. The van der Waals surface area contributed by atoms with E-state index in [0.717, 1.165) is 0 Å². The van der Waals surface area contributed by atoms with Gasteiger partial charge < -0.3 is 42.6 Å². The fourth-order valence-corrected chi connectivity index (χ4v) is 3.45. The summed E-state index contributed by atoms with van der Waals surface area (Å²) in [5, 5.41) is 26.7. The summed E-state index contributed by atoms with van der Waals surface area (Å²) in [5.74, 6) is -3.11. The van der Waals surface area contributed by atoms with Crippen molar-refractivity contribution in [2.75, 3.05) is 13.1 Å². The highest BCUT2D eigenvalue weighted by Crippen LogP contribution is 2.12. The van der Waals surface area contributed by atoms with E-state index in [9.17, 15) is 29.4 Å². The first kappa shape index (κ1) is 28.3. The van der Waals surface area contributed by atoms with Crippen LogP contribution >= 0.6 is 0 Å². The number of phenolic OH excluding ortho intramolecular Hbond substituents is 1. The van der Waals surface area contributed by atoms with Gasteiger partial charge >= 0.3 is 5.97 Å². The van der Waals surface area contributed by atoms with Gasteiger partial charge in [-0.3, -0.25) is 14.4 Å². The van der Waals surface area contributed by atoms with Crippen LogP contribution in [0.15, 0.2) is 36.8 Å². The number of nitrogens with two attached hydrogens (primary N) is 2. The minimum absolute atomic E-state index is 0.00345. The molecule has 2 aromatic rings. The molecule has 2 rings (SSSR count). The summed E-state index contributed by atoms with van der Waals surface area (Å²) in [6, 6.07) is 2.53. The molecule has 0 saturated heterocycles. The van der Waals surface area contributed by atoms with Crippen molar-refractivity contribution in [3.63, 3.8) is 0 Å². The van der Waals surface area contributed by atoms with Gasteiger partial charge in [0.1, 0.15) is 23.9 Å². The number of imidazole rings is 1. The Labute approximate surface area is 208 Å². The first-order chi connectivity index (χ1) is 17.2. The topological polar surface area (TPSA) is 226 Å². The predicted octanol–water partition coefficient (Wildman–Crippen LogP) is -1.47. The molecule has 1 heterocycles. The molecule has 10 N–H and O–H groups in total. The smallest absolute Gasteiger partial charge is 0.326 e. The highest BCUT2D eigenvalue weighted by atomic mass is 16.4. The van der Waals surface area contributed by atoms with E-state index in [4.69, 9.17) is 11.5 Å². The maximum atomic E-state index is 13.1. The zero-order valence-corrected chi connectivity index (χ0v) is 19.8. The maximum absolute atomic E-state index is 13.1. The van der Waals surface area contributed by atoms with E-state index >= 15 is 0 Å². The molecule has 0 bridgehead atoms. The average Bonchev–Trinajstić information content (AvgIpc) is 3.36. The Kier molecular flexibility index (Phi) is 11.3. The lowest BCUT2D eigenvalue weighted by Crippen LogP contribution is -2.57. The van der Waals surface area contributed by atoms with Crippen molar-refractivity contribution >= 4 is 23.7 Å². The third-order valence-electron chi connectivity index (χ3n) is 5.39. The number of hydrogen-bond donors (Lipinski definition) is 8. The SMILES string of the molecule is NCCCCC(NC(=O)CN)C(=O)NC(Cc1cnc[nH]1)C(=O)NC(Cc1ccc(O)cc1)C(=O)O. The van der Waals surface area contributed by atoms with Crippen LogP contribution in [-0.2, 0) is 32.0 Å². The highest BCUT2D eigenvalue weighted by molar-refractivity contribution is 5.93. The lowest BCUT2D eigenvalue weighted by molar-refractivity contribution is -0.142. The number of benzene rings is 1. The molecule has 196 valence electrons. The fourth-order valence-electron chi connectivity index (χ4n) is 3.45. The molecular weight excluding hydrogens is 470 g/mol. The Morgan fingerprint density at radius 2 is 1.58 bits per heavy atom. The van der Waals surface area contributed by atoms with Gasteiger partial charge in [-0.25, -0.2) is 9.78 Å². The van der Waals surface area contributed by atoms with E-state index in [1.807, 2.05) is 0 Å². The number of phenols is 1. The number of carboxylic acids is 1. The van der Waals surface area contributed by atoms with Gasteiger partial charge in [-0.1, -0.05) is 12.1 Å². The number of unbranched alkanes of at least 4 members (excludes halogenated alkanes) is 1. The van der Waals surface area contributed by atoms with Crippen LogP contribution in [-0.4, -0.2) is 75.1 Å². The minimum Gasteiger partial charge on any atom is -0.508 e. The van der Waals surface area contributed by atoms with Gasteiger partial charge in [0.2, 0.25) is 17.7 Å². The van der Waals surface area contributed by atoms with Crippen molar-refractivity contribution in [1.29, 1.82) is 0 Å². The molecule has 13 heteroatoms. The molecule has 36 heavy (non-hydrogen) atoms. The molecule has 0 aliphatic rings. The molecule has 0 aliphatic carbocycles. The molecule has 0 fully saturated rings. The number of carbonyl (C=O) groups is 4. The molecule has 3 atom stereocenters. The average molecular weight is 504 g/mol. The zero-order valence-electron chi connectivity index (χ0n) is 19.8. The van der Waals surface area contributed by atoms with Crippen molar-refractivity contribution in [1.82, 2.24) is 25.9 Å². The number of aliphatic carboxylic acids is 1.